The van der Waals surface area contributed by atoms with Crippen LogP contribution in [0.25, 0.3) is 11.1 Å². The molecule has 29 heavy (non-hydrogen) atoms. The van der Waals surface area contributed by atoms with E-state index in [1.54, 1.807) is 0 Å². The molecule has 2 aromatic rings. The molecule has 2 saturated heterocycles. The van der Waals surface area contributed by atoms with Crippen LogP contribution in [0, 0.1) is 0 Å². The van der Waals surface area contributed by atoms with Gasteiger partial charge in [-0.1, -0.05) is 18.2 Å². The molecule has 2 aliphatic heterocycles. The molecule has 1 amide bonds. The minimum Gasteiger partial charge on any atom is -0.354 e. The van der Waals surface area contributed by atoms with Gasteiger partial charge in [0.1, 0.15) is 5.82 Å². The highest BCUT2D eigenvalue weighted by Crippen LogP contribution is 2.32. The highest BCUT2D eigenvalue weighted by Gasteiger charge is 2.23. The van der Waals surface area contributed by atoms with Crippen LogP contribution in [0.5, 0.6) is 0 Å². The van der Waals surface area contributed by atoms with E-state index in [1.165, 1.54) is 17.5 Å². The number of hydrogen-bond donors (Lipinski definition) is 0. The number of hydrogen-bond acceptors (Lipinski definition) is 4. The normalized spacial score (nSPS) is 20.9. The standard InChI is InChI=1S/C24H32N4O/c1-19(2)26-12-14-27(15-13-26)24-10-9-22(17-25-24)20-6-5-7-21(16-20)23-8-3-4-11-28(23)18-29/h5-7,9-10,16-19,23H,3-4,8,11-15H2,1-2H3. The summed E-state index contributed by atoms with van der Waals surface area (Å²) in [4.78, 5) is 23.1. The Morgan fingerprint density at radius 1 is 1.00 bits per heavy atom. The number of rotatable bonds is 5. The number of nitrogens with zero attached hydrogens (tertiary/aromatic N) is 4. The fraction of sp³-hybridized carbons (Fsp3) is 0.500. The second-order valence-electron chi connectivity index (χ2n) is 8.50. The molecule has 1 aromatic heterocycles. The maximum absolute atomic E-state index is 11.5. The Morgan fingerprint density at radius 2 is 1.83 bits per heavy atom. The highest BCUT2D eigenvalue weighted by molar-refractivity contribution is 5.65. The Bertz CT molecular complexity index is 812. The van der Waals surface area contributed by atoms with Crippen molar-refractivity contribution in [3.8, 4) is 11.1 Å². The summed E-state index contributed by atoms with van der Waals surface area (Å²) >= 11 is 0. The number of likely N-dealkylation sites (tertiary alicyclic amines) is 1. The molecule has 2 fully saturated rings. The van der Waals surface area contributed by atoms with Gasteiger partial charge in [0.25, 0.3) is 0 Å². The van der Waals surface area contributed by atoms with Gasteiger partial charge in [0.05, 0.1) is 6.04 Å². The Morgan fingerprint density at radius 3 is 2.52 bits per heavy atom. The molecule has 1 unspecified atom stereocenters. The first-order valence-electron chi connectivity index (χ1n) is 10.9. The van der Waals surface area contributed by atoms with Gasteiger partial charge in [0, 0.05) is 50.5 Å². The van der Waals surface area contributed by atoms with Crippen LogP contribution in [-0.4, -0.2) is 60.0 Å². The van der Waals surface area contributed by atoms with Gasteiger partial charge in [-0.2, -0.15) is 0 Å². The number of amides is 1. The molecule has 0 N–H and O–H groups in total. The van der Waals surface area contributed by atoms with E-state index in [1.807, 2.05) is 11.1 Å². The van der Waals surface area contributed by atoms with Gasteiger partial charge in [-0.25, -0.2) is 4.98 Å². The zero-order valence-corrected chi connectivity index (χ0v) is 17.6. The van der Waals surface area contributed by atoms with Gasteiger partial charge >= 0.3 is 0 Å². The summed E-state index contributed by atoms with van der Waals surface area (Å²) in [5.41, 5.74) is 3.52. The lowest BCUT2D eigenvalue weighted by molar-refractivity contribution is -0.121. The molecule has 5 nitrogen and oxygen atoms in total. The van der Waals surface area contributed by atoms with E-state index >= 15 is 0 Å². The summed E-state index contributed by atoms with van der Waals surface area (Å²) < 4.78 is 0. The summed E-state index contributed by atoms with van der Waals surface area (Å²) in [6, 6.07) is 13.7. The van der Waals surface area contributed by atoms with E-state index in [-0.39, 0.29) is 6.04 Å². The number of benzene rings is 1. The molecule has 1 aromatic carbocycles. The number of anilines is 1. The highest BCUT2D eigenvalue weighted by atomic mass is 16.1. The average Bonchev–Trinajstić information content (AvgIpc) is 2.79. The van der Waals surface area contributed by atoms with Crippen molar-refractivity contribution < 1.29 is 4.79 Å². The zero-order valence-electron chi connectivity index (χ0n) is 17.6. The summed E-state index contributed by atoms with van der Waals surface area (Å²) in [7, 11) is 0. The van der Waals surface area contributed by atoms with Crippen LogP contribution in [0.4, 0.5) is 5.82 Å². The summed E-state index contributed by atoms with van der Waals surface area (Å²) in [5.74, 6) is 1.06. The molecular weight excluding hydrogens is 360 g/mol. The van der Waals surface area contributed by atoms with E-state index in [0.29, 0.717) is 6.04 Å². The van der Waals surface area contributed by atoms with Crippen LogP contribution in [-0.2, 0) is 4.79 Å². The lowest BCUT2D eigenvalue weighted by Crippen LogP contribution is -2.49. The molecule has 1 atom stereocenters. The smallest absolute Gasteiger partial charge is 0.210 e. The van der Waals surface area contributed by atoms with Crippen LogP contribution < -0.4 is 4.90 Å². The maximum Gasteiger partial charge on any atom is 0.210 e. The zero-order chi connectivity index (χ0) is 20.2. The molecule has 3 heterocycles. The Balaban J connectivity index is 1.47. The first-order valence-corrected chi connectivity index (χ1v) is 10.9. The number of piperidine rings is 1. The summed E-state index contributed by atoms with van der Waals surface area (Å²) in [5, 5.41) is 0. The van der Waals surface area contributed by atoms with Crippen LogP contribution in [0.3, 0.4) is 0 Å². The van der Waals surface area contributed by atoms with Crippen molar-refractivity contribution in [2.45, 2.75) is 45.2 Å². The van der Waals surface area contributed by atoms with Crippen molar-refractivity contribution in [1.29, 1.82) is 0 Å². The summed E-state index contributed by atoms with van der Waals surface area (Å²) in [6.45, 7) is 9.64. The number of piperazine rings is 1. The molecule has 0 saturated carbocycles. The monoisotopic (exact) mass is 392 g/mol. The lowest BCUT2D eigenvalue weighted by Gasteiger charge is -2.37. The molecule has 0 aliphatic carbocycles. The lowest BCUT2D eigenvalue weighted by atomic mass is 9.93. The number of pyridine rings is 1. The molecule has 0 radical (unpaired) electrons. The van der Waals surface area contributed by atoms with Gasteiger partial charge in [0.15, 0.2) is 0 Å². The van der Waals surface area contributed by atoms with Gasteiger partial charge in [-0.3, -0.25) is 9.69 Å². The van der Waals surface area contributed by atoms with E-state index in [9.17, 15) is 4.79 Å². The Labute approximate surface area is 174 Å². The number of carbonyl (C=O) groups is 1. The number of aromatic nitrogens is 1. The molecule has 0 spiro atoms. The Kier molecular flexibility index (Phi) is 6.14. The predicted molar refractivity (Wildman–Crippen MR) is 118 cm³/mol. The van der Waals surface area contributed by atoms with E-state index in [0.717, 1.165) is 63.4 Å². The quantitative estimate of drug-likeness (QED) is 0.722. The fourth-order valence-electron chi connectivity index (χ4n) is 4.57. The van der Waals surface area contributed by atoms with Crippen molar-refractivity contribution in [1.82, 2.24) is 14.8 Å². The van der Waals surface area contributed by atoms with Crippen molar-refractivity contribution in [2.24, 2.45) is 0 Å². The van der Waals surface area contributed by atoms with Crippen molar-refractivity contribution in [3.05, 3.63) is 48.2 Å². The molecule has 0 bridgehead atoms. The van der Waals surface area contributed by atoms with Crippen molar-refractivity contribution in [2.75, 3.05) is 37.6 Å². The van der Waals surface area contributed by atoms with Crippen molar-refractivity contribution >= 4 is 12.2 Å². The van der Waals surface area contributed by atoms with Crippen molar-refractivity contribution in [3.63, 3.8) is 0 Å². The van der Waals surface area contributed by atoms with Gasteiger partial charge < -0.3 is 9.80 Å². The van der Waals surface area contributed by atoms with Crippen LogP contribution >= 0.6 is 0 Å². The largest absolute Gasteiger partial charge is 0.354 e. The first-order chi connectivity index (χ1) is 14.2. The van der Waals surface area contributed by atoms with Crippen LogP contribution in [0.1, 0.15) is 44.7 Å². The molecule has 154 valence electrons. The van der Waals surface area contributed by atoms with Crippen LogP contribution in [0.15, 0.2) is 42.6 Å². The first kappa shape index (κ1) is 19.9. The molecule has 4 rings (SSSR count). The number of carbonyl (C=O) groups excluding carboxylic acids is 1. The minimum absolute atomic E-state index is 0.200. The maximum atomic E-state index is 11.5. The molecule has 5 heteroatoms. The fourth-order valence-corrected chi connectivity index (χ4v) is 4.57. The van der Waals surface area contributed by atoms with Gasteiger partial charge in [0.2, 0.25) is 6.41 Å². The average molecular weight is 393 g/mol. The van der Waals surface area contributed by atoms with E-state index in [4.69, 9.17) is 4.98 Å². The summed E-state index contributed by atoms with van der Waals surface area (Å²) in [6.07, 6.45) is 6.32. The van der Waals surface area contributed by atoms with E-state index in [2.05, 4.69) is 60.0 Å². The Hall–Kier alpha value is -2.40. The molecular formula is C24H32N4O. The van der Waals surface area contributed by atoms with E-state index < -0.39 is 0 Å². The topological polar surface area (TPSA) is 39.7 Å². The SMILES string of the molecule is CC(C)N1CCN(c2ccc(-c3cccc(C4CCCCN4C=O)c3)cn2)CC1. The predicted octanol–water partition coefficient (Wildman–Crippen LogP) is 3.96. The minimum atomic E-state index is 0.200. The third-order valence-electron chi connectivity index (χ3n) is 6.40. The second kappa shape index (κ2) is 8.95. The second-order valence-corrected chi connectivity index (χ2v) is 8.50. The third kappa shape index (κ3) is 4.45. The van der Waals surface area contributed by atoms with Gasteiger partial charge in [-0.15, -0.1) is 0 Å². The van der Waals surface area contributed by atoms with Gasteiger partial charge in [-0.05, 0) is 62.4 Å². The molecule has 2 aliphatic rings. The van der Waals surface area contributed by atoms with Crippen LogP contribution in [0.2, 0.25) is 0 Å². The third-order valence-corrected chi connectivity index (χ3v) is 6.40.